The molecule has 0 bridgehead atoms. The molecule has 3 aliphatic rings. The Morgan fingerprint density at radius 1 is 1.24 bits per heavy atom. The molecule has 114 valence electrons. The van der Waals surface area contributed by atoms with Gasteiger partial charge in [0.25, 0.3) is 0 Å². The maximum absolute atomic E-state index is 11.8. The summed E-state index contributed by atoms with van der Waals surface area (Å²) in [5.41, 5.74) is 0. The minimum absolute atomic E-state index is 0.179. The molecular formula is C15H23N5O. The minimum atomic E-state index is 0.179. The zero-order chi connectivity index (χ0) is 14.4. The topological polar surface area (TPSA) is 63.1 Å². The Balaban J connectivity index is 1.50. The number of rotatable bonds is 3. The maximum Gasteiger partial charge on any atom is 0.224 e. The smallest absolute Gasteiger partial charge is 0.224 e. The summed E-state index contributed by atoms with van der Waals surface area (Å²) in [5.74, 6) is 3.21. The van der Waals surface area contributed by atoms with E-state index in [0.717, 1.165) is 44.1 Å². The number of aromatic nitrogens is 3. The fraction of sp³-hybridized carbons (Fsp3) is 0.800. The van der Waals surface area contributed by atoms with Gasteiger partial charge >= 0.3 is 0 Å². The number of hydrogen-bond donors (Lipinski definition) is 1. The van der Waals surface area contributed by atoms with Crippen LogP contribution in [0.25, 0.3) is 0 Å². The van der Waals surface area contributed by atoms with Crippen LogP contribution in [0.4, 0.5) is 0 Å². The largest absolute Gasteiger partial charge is 0.354 e. The van der Waals surface area contributed by atoms with Crippen molar-refractivity contribution in [1.29, 1.82) is 0 Å². The van der Waals surface area contributed by atoms with Crippen LogP contribution >= 0.6 is 0 Å². The molecule has 3 fully saturated rings. The fourth-order valence-corrected chi connectivity index (χ4v) is 3.95. The van der Waals surface area contributed by atoms with Crippen molar-refractivity contribution in [3.8, 4) is 0 Å². The molecule has 0 aromatic carbocycles. The first-order valence-corrected chi connectivity index (χ1v) is 8.14. The summed E-state index contributed by atoms with van der Waals surface area (Å²) in [6.07, 6.45) is 5.94. The zero-order valence-corrected chi connectivity index (χ0v) is 12.6. The zero-order valence-electron chi connectivity index (χ0n) is 12.6. The van der Waals surface area contributed by atoms with Gasteiger partial charge in [0.05, 0.1) is 12.5 Å². The molecule has 1 saturated carbocycles. The van der Waals surface area contributed by atoms with Crippen molar-refractivity contribution >= 4 is 5.91 Å². The van der Waals surface area contributed by atoms with Crippen molar-refractivity contribution in [2.24, 2.45) is 13.0 Å². The summed E-state index contributed by atoms with van der Waals surface area (Å²) in [5, 5.41) is 11.8. The van der Waals surface area contributed by atoms with E-state index in [0.29, 0.717) is 12.0 Å². The maximum atomic E-state index is 11.8. The molecule has 2 saturated heterocycles. The third kappa shape index (κ3) is 2.16. The Bertz CT molecular complexity index is 550. The average molecular weight is 289 g/mol. The molecule has 0 radical (unpaired) electrons. The number of carbonyl (C=O) groups is 1. The third-order valence-electron chi connectivity index (χ3n) is 5.53. The highest BCUT2D eigenvalue weighted by molar-refractivity contribution is 5.82. The van der Waals surface area contributed by atoms with Crippen molar-refractivity contribution in [2.45, 2.75) is 50.6 Å². The van der Waals surface area contributed by atoms with E-state index in [1.165, 1.54) is 19.3 Å². The third-order valence-corrected chi connectivity index (χ3v) is 5.53. The molecule has 4 rings (SSSR count). The Kier molecular flexibility index (Phi) is 3.21. The summed E-state index contributed by atoms with van der Waals surface area (Å²) in [6.45, 7) is 2.66. The summed E-state index contributed by atoms with van der Waals surface area (Å²) in [7, 11) is 2.09. The molecule has 1 aliphatic carbocycles. The van der Waals surface area contributed by atoms with Crippen LogP contribution in [0.2, 0.25) is 0 Å². The lowest BCUT2D eigenvalue weighted by Crippen LogP contribution is -2.45. The molecule has 1 aromatic heterocycles. The summed E-state index contributed by atoms with van der Waals surface area (Å²) in [6, 6.07) is 0.343. The molecule has 2 aliphatic heterocycles. The molecule has 1 amide bonds. The van der Waals surface area contributed by atoms with Gasteiger partial charge in [0.1, 0.15) is 11.6 Å². The predicted octanol–water partition coefficient (Wildman–Crippen LogP) is 0.793. The van der Waals surface area contributed by atoms with Gasteiger partial charge in [-0.1, -0.05) is 6.42 Å². The lowest BCUT2D eigenvalue weighted by molar-refractivity contribution is -0.124. The van der Waals surface area contributed by atoms with Gasteiger partial charge < -0.3 is 9.88 Å². The minimum Gasteiger partial charge on any atom is -0.354 e. The van der Waals surface area contributed by atoms with E-state index in [-0.39, 0.29) is 11.8 Å². The number of hydrogen-bond acceptors (Lipinski definition) is 4. The van der Waals surface area contributed by atoms with Crippen molar-refractivity contribution < 1.29 is 4.79 Å². The lowest BCUT2D eigenvalue weighted by Gasteiger charge is -2.35. The highest BCUT2D eigenvalue weighted by Crippen LogP contribution is 2.35. The monoisotopic (exact) mass is 289 g/mol. The van der Waals surface area contributed by atoms with Gasteiger partial charge in [-0.3, -0.25) is 9.69 Å². The van der Waals surface area contributed by atoms with Gasteiger partial charge in [0.15, 0.2) is 0 Å². The first-order chi connectivity index (χ1) is 10.2. The van der Waals surface area contributed by atoms with E-state index < -0.39 is 0 Å². The summed E-state index contributed by atoms with van der Waals surface area (Å²) < 4.78 is 2.18. The highest BCUT2D eigenvalue weighted by Gasteiger charge is 2.41. The SMILES string of the molecule is Cn1c(CN2CCC[C@H]3C(=O)NC[C@H]32)nnc1C1CCC1. The van der Waals surface area contributed by atoms with E-state index in [1.807, 2.05) is 0 Å². The number of piperidine rings is 1. The van der Waals surface area contributed by atoms with E-state index in [2.05, 4.69) is 32.0 Å². The van der Waals surface area contributed by atoms with Crippen LogP contribution in [0.3, 0.4) is 0 Å². The van der Waals surface area contributed by atoms with Crippen molar-refractivity contribution in [3.05, 3.63) is 11.6 Å². The first kappa shape index (κ1) is 13.2. The van der Waals surface area contributed by atoms with Crippen molar-refractivity contribution in [3.63, 3.8) is 0 Å². The van der Waals surface area contributed by atoms with Crippen LogP contribution in [0.1, 0.15) is 49.7 Å². The average Bonchev–Trinajstić information content (AvgIpc) is 2.96. The summed E-state index contributed by atoms with van der Waals surface area (Å²) in [4.78, 5) is 14.3. The van der Waals surface area contributed by atoms with Crippen LogP contribution < -0.4 is 5.32 Å². The Hall–Kier alpha value is -1.43. The van der Waals surface area contributed by atoms with E-state index >= 15 is 0 Å². The standard InChI is InChI=1S/C15H23N5O/c1-19-13(17-18-14(19)10-4-2-5-10)9-20-7-3-6-11-12(20)8-16-15(11)21/h10-12H,2-9H2,1H3,(H,16,21)/t11-,12-/m1/s1. The van der Waals surface area contributed by atoms with Gasteiger partial charge in [0.2, 0.25) is 5.91 Å². The number of fused-ring (bicyclic) bond motifs is 1. The van der Waals surface area contributed by atoms with Gasteiger partial charge in [-0.05, 0) is 32.2 Å². The molecule has 2 atom stereocenters. The van der Waals surface area contributed by atoms with Crippen LogP contribution in [-0.2, 0) is 18.4 Å². The predicted molar refractivity (Wildman–Crippen MR) is 77.5 cm³/mol. The van der Waals surface area contributed by atoms with E-state index in [1.54, 1.807) is 0 Å². The molecule has 3 heterocycles. The van der Waals surface area contributed by atoms with Crippen LogP contribution in [-0.4, -0.2) is 44.7 Å². The Morgan fingerprint density at radius 2 is 2.10 bits per heavy atom. The second-order valence-electron chi connectivity index (χ2n) is 6.69. The Morgan fingerprint density at radius 3 is 2.86 bits per heavy atom. The molecule has 0 spiro atoms. The van der Waals surface area contributed by atoms with Crippen molar-refractivity contribution in [1.82, 2.24) is 25.0 Å². The van der Waals surface area contributed by atoms with Crippen LogP contribution in [0.5, 0.6) is 0 Å². The Labute approximate surface area is 124 Å². The van der Waals surface area contributed by atoms with Crippen LogP contribution in [0.15, 0.2) is 0 Å². The molecule has 21 heavy (non-hydrogen) atoms. The highest BCUT2D eigenvalue weighted by atomic mass is 16.2. The molecule has 0 unspecified atom stereocenters. The molecular weight excluding hydrogens is 266 g/mol. The number of nitrogens with zero attached hydrogens (tertiary/aromatic N) is 4. The van der Waals surface area contributed by atoms with Gasteiger partial charge in [0, 0.05) is 25.6 Å². The fourth-order valence-electron chi connectivity index (χ4n) is 3.95. The number of likely N-dealkylation sites (tertiary alicyclic amines) is 1. The van der Waals surface area contributed by atoms with Gasteiger partial charge in [-0.2, -0.15) is 0 Å². The second kappa shape index (κ2) is 5.09. The molecule has 6 nitrogen and oxygen atoms in total. The van der Waals surface area contributed by atoms with Gasteiger partial charge in [-0.25, -0.2) is 0 Å². The van der Waals surface area contributed by atoms with Crippen LogP contribution in [0, 0.1) is 5.92 Å². The normalized spacial score (nSPS) is 30.0. The molecule has 1 aromatic rings. The quantitative estimate of drug-likeness (QED) is 0.894. The lowest BCUT2D eigenvalue weighted by atomic mass is 9.85. The number of carbonyl (C=O) groups excluding carboxylic acids is 1. The van der Waals surface area contributed by atoms with E-state index in [4.69, 9.17) is 0 Å². The first-order valence-electron chi connectivity index (χ1n) is 8.14. The van der Waals surface area contributed by atoms with Gasteiger partial charge in [-0.15, -0.1) is 10.2 Å². The number of amides is 1. The van der Waals surface area contributed by atoms with E-state index in [9.17, 15) is 4.79 Å². The molecule has 6 heteroatoms. The second-order valence-corrected chi connectivity index (χ2v) is 6.69. The van der Waals surface area contributed by atoms with Crippen molar-refractivity contribution in [2.75, 3.05) is 13.1 Å². The summed E-state index contributed by atoms with van der Waals surface area (Å²) >= 11 is 0. The molecule has 1 N–H and O–H groups in total. The number of nitrogens with one attached hydrogen (secondary N) is 1.